The molecule has 0 atom stereocenters. The molecular weight excluding hydrogens is 226 g/mol. The smallest absolute Gasteiger partial charge is 0.105 e. The van der Waals surface area contributed by atoms with Crippen LogP contribution in [0.1, 0.15) is 39.4 Å². The highest BCUT2D eigenvalue weighted by Crippen LogP contribution is 2.07. The normalized spacial score (nSPS) is 12.3. The van der Waals surface area contributed by atoms with Crippen molar-refractivity contribution < 1.29 is 5.11 Å². The Morgan fingerprint density at radius 1 is 1.39 bits per heavy atom. The van der Waals surface area contributed by atoms with Gasteiger partial charge in [-0.2, -0.15) is 0 Å². The molecule has 4 heteroatoms. The van der Waals surface area contributed by atoms with Crippen LogP contribution in [0.5, 0.6) is 0 Å². The van der Waals surface area contributed by atoms with E-state index in [2.05, 4.69) is 21.4 Å². The van der Waals surface area contributed by atoms with Gasteiger partial charge in [-0.1, -0.05) is 6.92 Å². The van der Waals surface area contributed by atoms with Gasteiger partial charge in [-0.3, -0.25) is 0 Å². The zero-order chi connectivity index (χ0) is 13.6. The van der Waals surface area contributed by atoms with Crippen molar-refractivity contribution >= 4 is 0 Å². The molecule has 0 unspecified atom stereocenters. The van der Waals surface area contributed by atoms with Crippen LogP contribution in [-0.4, -0.2) is 44.8 Å². The van der Waals surface area contributed by atoms with E-state index in [9.17, 15) is 5.11 Å². The zero-order valence-electron chi connectivity index (χ0n) is 12.2. The Hall–Kier alpha value is -0.870. The van der Waals surface area contributed by atoms with Gasteiger partial charge in [0.1, 0.15) is 5.82 Å². The summed E-state index contributed by atoms with van der Waals surface area (Å²) >= 11 is 0. The fraction of sp³-hybridized carbons (Fsp3) is 0.786. The molecule has 1 aromatic heterocycles. The van der Waals surface area contributed by atoms with E-state index in [4.69, 9.17) is 0 Å². The molecular formula is C14H27N3O. The first-order chi connectivity index (χ1) is 8.42. The molecule has 0 aliphatic heterocycles. The summed E-state index contributed by atoms with van der Waals surface area (Å²) in [7, 11) is 0. The second-order valence-electron chi connectivity index (χ2n) is 5.56. The standard InChI is InChI=1S/C14H27N3O/c1-5-16(12-14(3,4)18)9-6-7-10-17-11-8-15-13(17)2/h8,11,18H,5-7,9-10,12H2,1-4H3. The van der Waals surface area contributed by atoms with Gasteiger partial charge >= 0.3 is 0 Å². The zero-order valence-corrected chi connectivity index (χ0v) is 12.2. The van der Waals surface area contributed by atoms with E-state index in [0.29, 0.717) is 0 Å². The Morgan fingerprint density at radius 2 is 2.11 bits per heavy atom. The van der Waals surface area contributed by atoms with E-state index in [1.807, 2.05) is 33.2 Å². The second kappa shape index (κ2) is 6.90. The summed E-state index contributed by atoms with van der Waals surface area (Å²) in [5, 5.41) is 9.81. The first-order valence-corrected chi connectivity index (χ1v) is 6.85. The molecule has 0 bridgehead atoms. The van der Waals surface area contributed by atoms with Crippen LogP contribution in [-0.2, 0) is 6.54 Å². The van der Waals surface area contributed by atoms with E-state index in [1.54, 1.807) is 0 Å². The summed E-state index contributed by atoms with van der Waals surface area (Å²) in [4.78, 5) is 6.52. The van der Waals surface area contributed by atoms with Crippen molar-refractivity contribution in [1.82, 2.24) is 14.5 Å². The summed E-state index contributed by atoms with van der Waals surface area (Å²) in [6, 6.07) is 0. The summed E-state index contributed by atoms with van der Waals surface area (Å²) < 4.78 is 2.19. The molecule has 0 saturated carbocycles. The lowest BCUT2D eigenvalue weighted by Crippen LogP contribution is -2.39. The number of likely N-dealkylation sites (N-methyl/N-ethyl adjacent to an activating group) is 1. The molecule has 0 aromatic carbocycles. The summed E-state index contributed by atoms with van der Waals surface area (Å²) in [6.45, 7) is 11.7. The average Bonchev–Trinajstić information content (AvgIpc) is 2.67. The van der Waals surface area contributed by atoms with Crippen LogP contribution in [0.3, 0.4) is 0 Å². The van der Waals surface area contributed by atoms with Crippen LogP contribution in [0.15, 0.2) is 12.4 Å². The van der Waals surface area contributed by atoms with Crippen LogP contribution < -0.4 is 0 Å². The molecule has 104 valence electrons. The van der Waals surface area contributed by atoms with Crippen molar-refractivity contribution in [3.8, 4) is 0 Å². The van der Waals surface area contributed by atoms with Crippen LogP contribution in [0.25, 0.3) is 0 Å². The molecule has 0 saturated heterocycles. The van der Waals surface area contributed by atoms with Gasteiger partial charge in [-0.25, -0.2) is 4.98 Å². The van der Waals surface area contributed by atoms with E-state index in [0.717, 1.165) is 44.8 Å². The van der Waals surface area contributed by atoms with E-state index in [-0.39, 0.29) is 0 Å². The van der Waals surface area contributed by atoms with Crippen molar-refractivity contribution in [2.24, 2.45) is 0 Å². The van der Waals surface area contributed by atoms with Gasteiger partial charge in [0.2, 0.25) is 0 Å². The van der Waals surface area contributed by atoms with Crippen molar-refractivity contribution in [3.63, 3.8) is 0 Å². The molecule has 0 aliphatic carbocycles. The number of aryl methyl sites for hydroxylation is 2. The molecule has 0 fully saturated rings. The third-order valence-electron chi connectivity index (χ3n) is 3.10. The molecule has 0 amide bonds. The molecule has 0 aliphatic rings. The summed E-state index contributed by atoms with van der Waals surface area (Å²) in [6.07, 6.45) is 6.19. The molecule has 1 N–H and O–H groups in total. The Bertz CT molecular complexity index is 341. The van der Waals surface area contributed by atoms with Crippen molar-refractivity contribution in [2.75, 3.05) is 19.6 Å². The van der Waals surface area contributed by atoms with Gasteiger partial charge in [0.05, 0.1) is 5.60 Å². The van der Waals surface area contributed by atoms with Gasteiger partial charge in [-0.15, -0.1) is 0 Å². The summed E-state index contributed by atoms with van der Waals surface area (Å²) in [5.74, 6) is 1.08. The number of hydrogen-bond donors (Lipinski definition) is 1. The predicted octanol–water partition coefficient (Wildman–Crippen LogP) is 2.06. The van der Waals surface area contributed by atoms with Crippen LogP contribution in [0.2, 0.25) is 0 Å². The second-order valence-corrected chi connectivity index (χ2v) is 5.56. The summed E-state index contributed by atoms with van der Waals surface area (Å²) in [5.41, 5.74) is -0.600. The first kappa shape index (κ1) is 15.2. The predicted molar refractivity (Wildman–Crippen MR) is 74.6 cm³/mol. The fourth-order valence-electron chi connectivity index (χ4n) is 2.15. The Kier molecular flexibility index (Phi) is 5.82. The third-order valence-corrected chi connectivity index (χ3v) is 3.10. The minimum absolute atomic E-state index is 0.600. The molecule has 1 aromatic rings. The van der Waals surface area contributed by atoms with Gasteiger partial charge in [0.25, 0.3) is 0 Å². The number of imidazole rings is 1. The molecule has 4 nitrogen and oxygen atoms in total. The van der Waals surface area contributed by atoms with E-state index >= 15 is 0 Å². The van der Waals surface area contributed by atoms with Gasteiger partial charge in [0, 0.05) is 25.5 Å². The monoisotopic (exact) mass is 253 g/mol. The molecule has 0 spiro atoms. The maximum absolute atomic E-state index is 9.81. The Morgan fingerprint density at radius 3 is 2.61 bits per heavy atom. The number of hydrogen-bond acceptors (Lipinski definition) is 3. The number of nitrogens with zero attached hydrogens (tertiary/aromatic N) is 3. The topological polar surface area (TPSA) is 41.3 Å². The maximum atomic E-state index is 9.81. The maximum Gasteiger partial charge on any atom is 0.105 e. The highest BCUT2D eigenvalue weighted by molar-refractivity contribution is 4.88. The highest BCUT2D eigenvalue weighted by Gasteiger charge is 2.16. The lowest BCUT2D eigenvalue weighted by Gasteiger charge is -2.27. The molecule has 0 radical (unpaired) electrons. The highest BCUT2D eigenvalue weighted by atomic mass is 16.3. The molecule has 1 rings (SSSR count). The van der Waals surface area contributed by atoms with Crippen LogP contribution in [0, 0.1) is 6.92 Å². The van der Waals surface area contributed by atoms with Gasteiger partial charge < -0.3 is 14.6 Å². The van der Waals surface area contributed by atoms with Crippen LogP contribution >= 0.6 is 0 Å². The van der Waals surface area contributed by atoms with Gasteiger partial charge in [-0.05, 0) is 46.7 Å². The fourth-order valence-corrected chi connectivity index (χ4v) is 2.15. The first-order valence-electron chi connectivity index (χ1n) is 6.85. The quantitative estimate of drug-likeness (QED) is 0.721. The minimum atomic E-state index is -0.600. The minimum Gasteiger partial charge on any atom is -0.389 e. The number of rotatable bonds is 8. The molecule has 18 heavy (non-hydrogen) atoms. The molecule has 1 heterocycles. The van der Waals surface area contributed by atoms with Gasteiger partial charge in [0.15, 0.2) is 0 Å². The Balaban J connectivity index is 2.22. The lowest BCUT2D eigenvalue weighted by atomic mass is 10.1. The Labute approximate surface area is 111 Å². The van der Waals surface area contributed by atoms with Crippen molar-refractivity contribution in [3.05, 3.63) is 18.2 Å². The number of unbranched alkanes of at least 4 members (excludes halogenated alkanes) is 1. The number of aromatic nitrogens is 2. The van der Waals surface area contributed by atoms with E-state index in [1.165, 1.54) is 0 Å². The SMILES string of the molecule is CCN(CCCCn1ccnc1C)CC(C)(C)O. The van der Waals surface area contributed by atoms with E-state index < -0.39 is 5.60 Å². The average molecular weight is 253 g/mol. The van der Waals surface area contributed by atoms with Crippen LogP contribution in [0.4, 0.5) is 0 Å². The van der Waals surface area contributed by atoms with Crippen molar-refractivity contribution in [2.45, 2.75) is 52.7 Å². The largest absolute Gasteiger partial charge is 0.389 e. The van der Waals surface area contributed by atoms with Crippen molar-refractivity contribution in [1.29, 1.82) is 0 Å². The lowest BCUT2D eigenvalue weighted by molar-refractivity contribution is 0.0373. The third kappa shape index (κ3) is 5.65. The number of aliphatic hydroxyl groups is 1.